The Bertz CT molecular complexity index is 1530. The molecule has 2 aliphatic heterocycles. The average Bonchev–Trinajstić information content (AvgIpc) is 3.45. The molecule has 0 saturated heterocycles. The Balaban J connectivity index is 1.64. The quantitative estimate of drug-likeness (QED) is 0.513. The Hall–Kier alpha value is -4.01. The number of carbonyl (C=O) groups is 2. The second-order valence-corrected chi connectivity index (χ2v) is 8.33. The smallest absolute Gasteiger partial charge is 0.219 e. The van der Waals surface area contributed by atoms with Crippen molar-refractivity contribution in [1.29, 1.82) is 0 Å². The predicted molar refractivity (Wildman–Crippen MR) is 118 cm³/mol. The van der Waals surface area contributed by atoms with Gasteiger partial charge in [-0.05, 0) is 23.8 Å². The van der Waals surface area contributed by atoms with Crippen LogP contribution in [0.1, 0.15) is 23.7 Å². The molecule has 0 atom stereocenters. The van der Waals surface area contributed by atoms with Gasteiger partial charge in [-0.15, -0.1) is 0 Å². The standard InChI is InChI=1S/C24H19F2N5O2/c1-13(32)29-6-7-30-12-15(21-22(26)16(25)8-14(11-29)24(21)30)20-18(33)10-28-23(20)17-9-27-19-4-2-3-5-31(17)19/h2-5,8-9,12,28H,6-7,10-11H2,1H3. The molecular weight excluding hydrogens is 428 g/mol. The summed E-state index contributed by atoms with van der Waals surface area (Å²) in [5, 5.41) is 3.19. The summed E-state index contributed by atoms with van der Waals surface area (Å²) in [5.41, 5.74) is 3.58. The van der Waals surface area contributed by atoms with Crippen molar-refractivity contribution in [3.63, 3.8) is 0 Å². The summed E-state index contributed by atoms with van der Waals surface area (Å²) in [6.07, 6.45) is 5.19. The van der Waals surface area contributed by atoms with Crippen molar-refractivity contribution >= 4 is 39.5 Å². The monoisotopic (exact) mass is 447 g/mol. The number of Topliss-reactive ketones (excluding diaryl/α,β-unsaturated/α-hetero) is 1. The molecule has 5 heterocycles. The zero-order chi connectivity index (χ0) is 22.9. The number of imidazole rings is 1. The van der Waals surface area contributed by atoms with E-state index in [4.69, 9.17) is 0 Å². The Morgan fingerprint density at radius 1 is 1.21 bits per heavy atom. The van der Waals surface area contributed by atoms with Gasteiger partial charge >= 0.3 is 0 Å². The van der Waals surface area contributed by atoms with Gasteiger partial charge in [0.25, 0.3) is 0 Å². The van der Waals surface area contributed by atoms with Crippen LogP contribution >= 0.6 is 0 Å². The summed E-state index contributed by atoms with van der Waals surface area (Å²) in [6, 6.07) is 6.72. The third-order valence-corrected chi connectivity index (χ3v) is 6.43. The van der Waals surface area contributed by atoms with E-state index in [0.717, 1.165) is 6.07 Å². The van der Waals surface area contributed by atoms with Crippen molar-refractivity contribution in [2.75, 3.05) is 13.1 Å². The van der Waals surface area contributed by atoms with Crippen LogP contribution in [-0.2, 0) is 22.7 Å². The van der Waals surface area contributed by atoms with Gasteiger partial charge < -0.3 is 14.8 Å². The minimum absolute atomic E-state index is 0.0549. The lowest BCUT2D eigenvalue weighted by Gasteiger charge is -2.18. The van der Waals surface area contributed by atoms with Crippen molar-refractivity contribution in [3.05, 3.63) is 71.3 Å². The Morgan fingerprint density at radius 3 is 2.88 bits per heavy atom. The molecule has 2 aliphatic rings. The third-order valence-electron chi connectivity index (χ3n) is 6.43. The molecular formula is C24H19F2N5O2. The first-order valence-electron chi connectivity index (χ1n) is 10.6. The second-order valence-electron chi connectivity index (χ2n) is 8.33. The van der Waals surface area contributed by atoms with Gasteiger partial charge in [0, 0.05) is 49.9 Å². The van der Waals surface area contributed by atoms with Crippen molar-refractivity contribution < 1.29 is 18.4 Å². The Labute approximate surface area is 186 Å². The molecule has 1 aromatic carbocycles. The molecule has 0 radical (unpaired) electrons. The Morgan fingerprint density at radius 2 is 2.06 bits per heavy atom. The molecule has 4 aromatic rings. The number of benzene rings is 1. The summed E-state index contributed by atoms with van der Waals surface area (Å²) in [6.45, 7) is 2.51. The second kappa shape index (κ2) is 6.99. The summed E-state index contributed by atoms with van der Waals surface area (Å²) >= 11 is 0. The van der Waals surface area contributed by atoms with Gasteiger partial charge in [0.2, 0.25) is 5.91 Å². The van der Waals surface area contributed by atoms with Gasteiger partial charge in [-0.3, -0.25) is 14.0 Å². The topological polar surface area (TPSA) is 71.6 Å². The summed E-state index contributed by atoms with van der Waals surface area (Å²) in [7, 11) is 0. The van der Waals surface area contributed by atoms with Crippen LogP contribution in [0.3, 0.4) is 0 Å². The van der Waals surface area contributed by atoms with Crippen LogP contribution in [-0.4, -0.2) is 43.6 Å². The highest BCUT2D eigenvalue weighted by Crippen LogP contribution is 2.39. The van der Waals surface area contributed by atoms with E-state index in [9.17, 15) is 14.0 Å². The maximum Gasteiger partial charge on any atom is 0.219 e. The number of nitrogens with one attached hydrogen (secondary N) is 1. The van der Waals surface area contributed by atoms with Crippen molar-refractivity contribution in [2.24, 2.45) is 0 Å². The molecule has 0 bridgehead atoms. The maximum atomic E-state index is 15.3. The first-order valence-corrected chi connectivity index (χ1v) is 10.6. The van der Waals surface area contributed by atoms with Crippen molar-refractivity contribution in [1.82, 2.24) is 24.2 Å². The molecule has 33 heavy (non-hydrogen) atoms. The van der Waals surface area contributed by atoms with E-state index in [1.165, 1.54) is 6.92 Å². The van der Waals surface area contributed by atoms with Crippen LogP contribution in [0.15, 0.2) is 42.9 Å². The zero-order valence-corrected chi connectivity index (χ0v) is 17.7. The summed E-state index contributed by atoms with van der Waals surface area (Å²) < 4.78 is 33.6. The lowest BCUT2D eigenvalue weighted by Crippen LogP contribution is -2.29. The van der Waals surface area contributed by atoms with E-state index in [1.807, 2.05) is 33.4 Å². The molecule has 166 valence electrons. The van der Waals surface area contributed by atoms with Crippen LogP contribution < -0.4 is 5.32 Å². The summed E-state index contributed by atoms with van der Waals surface area (Å²) in [5.74, 6) is -2.34. The molecule has 3 aromatic heterocycles. The molecule has 0 saturated carbocycles. The third kappa shape index (κ3) is 2.81. The highest BCUT2D eigenvalue weighted by Gasteiger charge is 2.32. The molecule has 0 spiro atoms. The van der Waals surface area contributed by atoms with Crippen LogP contribution in [0.2, 0.25) is 0 Å². The molecule has 0 aliphatic carbocycles. The summed E-state index contributed by atoms with van der Waals surface area (Å²) in [4.78, 5) is 31.0. The van der Waals surface area contributed by atoms with E-state index >= 15 is 4.39 Å². The molecule has 7 nitrogen and oxygen atoms in total. The van der Waals surface area contributed by atoms with Gasteiger partial charge in [-0.25, -0.2) is 13.8 Å². The minimum atomic E-state index is -1.00. The molecule has 1 N–H and O–H groups in total. The number of nitrogens with zero attached hydrogens (tertiary/aromatic N) is 4. The van der Waals surface area contributed by atoms with Gasteiger partial charge in [0.05, 0.1) is 35.2 Å². The first-order chi connectivity index (χ1) is 15.9. The highest BCUT2D eigenvalue weighted by molar-refractivity contribution is 6.33. The highest BCUT2D eigenvalue weighted by atomic mass is 19.2. The zero-order valence-electron chi connectivity index (χ0n) is 17.7. The number of hydrogen-bond acceptors (Lipinski definition) is 4. The van der Waals surface area contributed by atoms with Crippen LogP contribution in [0.5, 0.6) is 0 Å². The van der Waals surface area contributed by atoms with E-state index in [2.05, 4.69) is 10.3 Å². The number of rotatable bonds is 2. The number of hydrogen-bond donors (Lipinski definition) is 1. The Kier molecular flexibility index (Phi) is 4.17. The number of pyridine rings is 1. The minimum Gasteiger partial charge on any atom is -0.375 e. The molecule has 6 rings (SSSR count). The number of amides is 1. The number of fused-ring (bicyclic) bond motifs is 1. The fourth-order valence-electron chi connectivity index (χ4n) is 4.90. The number of ketones is 1. The maximum absolute atomic E-state index is 15.3. The van der Waals surface area contributed by atoms with E-state index < -0.39 is 11.6 Å². The van der Waals surface area contributed by atoms with Crippen molar-refractivity contribution in [2.45, 2.75) is 20.0 Å². The SMILES string of the molecule is CC(=O)N1CCn2cc(C3=C(c4cnc5ccccn45)NCC3=O)c3c(F)c(F)cc(c32)C1. The van der Waals surface area contributed by atoms with Gasteiger partial charge in [0.15, 0.2) is 17.4 Å². The van der Waals surface area contributed by atoms with Crippen LogP contribution in [0, 0.1) is 11.6 Å². The van der Waals surface area contributed by atoms with Gasteiger partial charge in [-0.1, -0.05) is 6.07 Å². The van der Waals surface area contributed by atoms with E-state index in [1.54, 1.807) is 17.3 Å². The van der Waals surface area contributed by atoms with Gasteiger partial charge in [-0.2, -0.15) is 0 Å². The lowest BCUT2D eigenvalue weighted by atomic mass is 9.98. The molecule has 9 heteroatoms. The fraction of sp³-hybridized carbons (Fsp3) is 0.208. The predicted octanol–water partition coefficient (Wildman–Crippen LogP) is 2.97. The van der Waals surface area contributed by atoms with Gasteiger partial charge in [0.1, 0.15) is 5.65 Å². The fourth-order valence-corrected chi connectivity index (χ4v) is 4.90. The first kappa shape index (κ1) is 19.7. The normalized spacial score (nSPS) is 16.1. The van der Waals surface area contributed by atoms with E-state index in [-0.39, 0.29) is 30.2 Å². The van der Waals surface area contributed by atoms with E-state index in [0.29, 0.717) is 52.3 Å². The van der Waals surface area contributed by atoms with Crippen LogP contribution in [0.4, 0.5) is 8.78 Å². The number of aromatic nitrogens is 3. The average molecular weight is 447 g/mol. The molecule has 0 fully saturated rings. The number of carbonyl (C=O) groups excluding carboxylic acids is 2. The van der Waals surface area contributed by atoms with Crippen molar-refractivity contribution in [3.8, 4) is 0 Å². The van der Waals surface area contributed by atoms with Crippen LogP contribution in [0.25, 0.3) is 27.8 Å². The molecule has 1 amide bonds. The lowest BCUT2D eigenvalue weighted by molar-refractivity contribution is -0.129. The number of halogens is 2. The largest absolute Gasteiger partial charge is 0.375 e. The molecule has 0 unspecified atom stereocenters.